The molecular formula is C13H17ClFNO. The maximum Gasteiger partial charge on any atom is 0.128 e. The van der Waals surface area contributed by atoms with Gasteiger partial charge in [0.2, 0.25) is 0 Å². The number of hydrogen-bond donors (Lipinski definition) is 1. The van der Waals surface area contributed by atoms with E-state index in [0.717, 1.165) is 19.6 Å². The lowest BCUT2D eigenvalue weighted by Crippen LogP contribution is -2.29. The van der Waals surface area contributed by atoms with Crippen LogP contribution < -0.4 is 5.32 Å². The third kappa shape index (κ3) is 2.97. The average molecular weight is 258 g/mol. The molecule has 1 fully saturated rings. The summed E-state index contributed by atoms with van der Waals surface area (Å²) in [6.45, 7) is 4.26. The molecule has 0 saturated carbocycles. The first-order valence-electron chi connectivity index (χ1n) is 5.98. The monoisotopic (exact) mass is 257 g/mol. The number of nitrogens with one attached hydrogen (secondary N) is 1. The average Bonchev–Trinajstić information content (AvgIpc) is 2.83. The summed E-state index contributed by atoms with van der Waals surface area (Å²) < 4.78 is 19.2. The quantitative estimate of drug-likeness (QED) is 0.895. The Labute approximate surface area is 106 Å². The predicted molar refractivity (Wildman–Crippen MR) is 66.8 cm³/mol. The van der Waals surface area contributed by atoms with Gasteiger partial charge in [0.05, 0.1) is 6.61 Å². The Balaban J connectivity index is 2.27. The van der Waals surface area contributed by atoms with Gasteiger partial charge < -0.3 is 10.1 Å². The highest BCUT2D eigenvalue weighted by molar-refractivity contribution is 6.30. The zero-order chi connectivity index (χ0) is 12.3. The van der Waals surface area contributed by atoms with Crippen molar-refractivity contribution in [3.8, 4) is 0 Å². The fourth-order valence-electron chi connectivity index (χ4n) is 2.32. The van der Waals surface area contributed by atoms with Crippen molar-refractivity contribution >= 4 is 11.6 Å². The Morgan fingerprint density at radius 2 is 2.41 bits per heavy atom. The first kappa shape index (κ1) is 12.8. The van der Waals surface area contributed by atoms with Crippen LogP contribution in [0.1, 0.15) is 24.9 Å². The number of ether oxygens (including phenoxy) is 1. The third-order valence-corrected chi connectivity index (χ3v) is 3.39. The van der Waals surface area contributed by atoms with E-state index in [2.05, 4.69) is 5.32 Å². The summed E-state index contributed by atoms with van der Waals surface area (Å²) in [5.74, 6) is 0.121. The van der Waals surface area contributed by atoms with Crippen LogP contribution in [0.5, 0.6) is 0 Å². The van der Waals surface area contributed by atoms with E-state index in [9.17, 15) is 4.39 Å². The van der Waals surface area contributed by atoms with Crippen LogP contribution in [-0.4, -0.2) is 19.8 Å². The number of benzene rings is 1. The van der Waals surface area contributed by atoms with Gasteiger partial charge in [-0.25, -0.2) is 4.39 Å². The molecule has 1 aliphatic rings. The molecule has 94 valence electrons. The van der Waals surface area contributed by atoms with E-state index in [1.807, 2.05) is 6.92 Å². The van der Waals surface area contributed by atoms with Crippen molar-refractivity contribution in [3.05, 3.63) is 34.6 Å². The smallest absolute Gasteiger partial charge is 0.128 e. The van der Waals surface area contributed by atoms with Gasteiger partial charge in [0.15, 0.2) is 0 Å². The fraction of sp³-hybridized carbons (Fsp3) is 0.538. The van der Waals surface area contributed by atoms with Crippen molar-refractivity contribution in [1.82, 2.24) is 5.32 Å². The topological polar surface area (TPSA) is 21.3 Å². The highest BCUT2D eigenvalue weighted by Crippen LogP contribution is 2.31. The third-order valence-electron chi connectivity index (χ3n) is 3.15. The second-order valence-electron chi connectivity index (χ2n) is 4.32. The van der Waals surface area contributed by atoms with Gasteiger partial charge in [0.25, 0.3) is 0 Å². The summed E-state index contributed by atoms with van der Waals surface area (Å²) in [7, 11) is 0. The molecule has 0 bridgehead atoms. The van der Waals surface area contributed by atoms with Crippen molar-refractivity contribution in [3.63, 3.8) is 0 Å². The van der Waals surface area contributed by atoms with Crippen LogP contribution in [0.2, 0.25) is 5.02 Å². The van der Waals surface area contributed by atoms with Gasteiger partial charge in [0, 0.05) is 29.2 Å². The number of rotatable bonds is 4. The van der Waals surface area contributed by atoms with Crippen LogP contribution in [0.4, 0.5) is 4.39 Å². The van der Waals surface area contributed by atoms with Crippen molar-refractivity contribution in [2.24, 2.45) is 5.92 Å². The molecule has 1 aliphatic heterocycles. The molecule has 1 aromatic rings. The maximum atomic E-state index is 13.9. The second-order valence-corrected chi connectivity index (χ2v) is 4.76. The maximum absolute atomic E-state index is 13.9. The first-order chi connectivity index (χ1) is 8.22. The van der Waals surface area contributed by atoms with E-state index in [1.54, 1.807) is 12.1 Å². The molecule has 2 unspecified atom stereocenters. The van der Waals surface area contributed by atoms with Gasteiger partial charge in [0.1, 0.15) is 5.82 Å². The van der Waals surface area contributed by atoms with Crippen molar-refractivity contribution in [2.45, 2.75) is 19.4 Å². The summed E-state index contributed by atoms with van der Waals surface area (Å²) >= 11 is 5.94. The zero-order valence-electron chi connectivity index (χ0n) is 9.88. The minimum atomic E-state index is -0.202. The van der Waals surface area contributed by atoms with E-state index in [1.165, 1.54) is 6.07 Å². The Bertz CT molecular complexity index is 380. The van der Waals surface area contributed by atoms with Gasteiger partial charge in [-0.1, -0.05) is 18.5 Å². The zero-order valence-corrected chi connectivity index (χ0v) is 10.6. The number of hydrogen-bond acceptors (Lipinski definition) is 2. The molecule has 0 amide bonds. The fourth-order valence-corrected chi connectivity index (χ4v) is 2.50. The summed E-state index contributed by atoms with van der Waals surface area (Å²) in [6, 6.07) is 4.70. The van der Waals surface area contributed by atoms with Crippen molar-refractivity contribution < 1.29 is 9.13 Å². The van der Waals surface area contributed by atoms with Crippen LogP contribution in [-0.2, 0) is 4.74 Å². The lowest BCUT2D eigenvalue weighted by Gasteiger charge is -2.24. The van der Waals surface area contributed by atoms with Crippen LogP contribution in [0, 0.1) is 11.7 Å². The summed E-state index contributed by atoms with van der Waals surface area (Å²) in [4.78, 5) is 0. The van der Waals surface area contributed by atoms with Gasteiger partial charge in [-0.05, 0) is 31.2 Å². The summed E-state index contributed by atoms with van der Waals surface area (Å²) in [5.41, 5.74) is 0.648. The molecule has 0 aromatic heterocycles. The van der Waals surface area contributed by atoms with Crippen LogP contribution in [0.15, 0.2) is 18.2 Å². The van der Waals surface area contributed by atoms with Crippen LogP contribution >= 0.6 is 11.6 Å². The molecule has 1 aromatic carbocycles. The molecule has 0 spiro atoms. The highest BCUT2D eigenvalue weighted by atomic mass is 35.5. The molecule has 1 heterocycles. The first-order valence-corrected chi connectivity index (χ1v) is 6.36. The summed E-state index contributed by atoms with van der Waals surface area (Å²) in [5, 5.41) is 3.90. The Morgan fingerprint density at radius 1 is 1.59 bits per heavy atom. The molecule has 4 heteroatoms. The predicted octanol–water partition coefficient (Wildman–Crippen LogP) is 3.17. The van der Waals surface area contributed by atoms with Gasteiger partial charge in [-0.15, -0.1) is 0 Å². The lowest BCUT2D eigenvalue weighted by atomic mass is 9.92. The van der Waals surface area contributed by atoms with Crippen LogP contribution in [0.25, 0.3) is 0 Å². The molecule has 2 nitrogen and oxygen atoms in total. The minimum absolute atomic E-state index is 0.0128. The molecular weight excluding hydrogens is 241 g/mol. The molecule has 0 aliphatic carbocycles. The molecule has 2 atom stereocenters. The van der Waals surface area contributed by atoms with Gasteiger partial charge >= 0.3 is 0 Å². The Kier molecular flexibility index (Phi) is 4.37. The van der Waals surface area contributed by atoms with Gasteiger partial charge in [-0.3, -0.25) is 0 Å². The van der Waals surface area contributed by atoms with E-state index in [4.69, 9.17) is 16.3 Å². The standard InChI is InChI=1S/C13H17ClFNO/c1-2-16-13(9-5-6-17-8-9)11-7-10(14)3-4-12(11)15/h3-4,7,9,13,16H,2,5-6,8H2,1H3. The van der Waals surface area contributed by atoms with E-state index in [0.29, 0.717) is 23.1 Å². The Morgan fingerprint density at radius 3 is 3.06 bits per heavy atom. The van der Waals surface area contributed by atoms with E-state index in [-0.39, 0.29) is 11.9 Å². The normalized spacial score (nSPS) is 21.7. The van der Waals surface area contributed by atoms with Crippen molar-refractivity contribution in [1.29, 1.82) is 0 Å². The molecule has 2 rings (SSSR count). The van der Waals surface area contributed by atoms with Crippen molar-refractivity contribution in [2.75, 3.05) is 19.8 Å². The molecule has 17 heavy (non-hydrogen) atoms. The molecule has 1 N–H and O–H groups in total. The summed E-state index contributed by atoms with van der Waals surface area (Å²) in [6.07, 6.45) is 0.962. The number of halogens is 2. The largest absolute Gasteiger partial charge is 0.381 e. The Hall–Kier alpha value is -0.640. The SMILES string of the molecule is CCNC(c1cc(Cl)ccc1F)C1CCOC1. The van der Waals surface area contributed by atoms with E-state index >= 15 is 0 Å². The minimum Gasteiger partial charge on any atom is -0.381 e. The molecule has 0 radical (unpaired) electrons. The highest BCUT2D eigenvalue weighted by Gasteiger charge is 2.28. The van der Waals surface area contributed by atoms with Gasteiger partial charge in [-0.2, -0.15) is 0 Å². The second kappa shape index (κ2) is 5.80. The lowest BCUT2D eigenvalue weighted by molar-refractivity contribution is 0.176. The molecule has 1 saturated heterocycles. The van der Waals surface area contributed by atoms with Crippen LogP contribution in [0.3, 0.4) is 0 Å². The van der Waals surface area contributed by atoms with E-state index < -0.39 is 0 Å².